The standard InChI is InChI=1S/C34H35NO/c1-33(2,3)26-13-19-29(20-14-26)35(30-21-15-27(16-22-30)34(4,5)6)28-17-11-24(12-18-28)32-23-25-9-7-8-10-31(25)36-32/h7-23H,1-6H3. The van der Waals surface area contributed by atoms with E-state index in [1.807, 2.05) is 18.2 Å². The summed E-state index contributed by atoms with van der Waals surface area (Å²) in [6, 6.07) is 36.8. The lowest BCUT2D eigenvalue weighted by Crippen LogP contribution is -2.14. The topological polar surface area (TPSA) is 16.4 Å². The molecule has 0 unspecified atom stereocenters. The number of fused-ring (bicyclic) bond motifs is 1. The Kier molecular flexibility index (Phi) is 6.00. The third-order valence-corrected chi connectivity index (χ3v) is 6.82. The maximum absolute atomic E-state index is 6.10. The van der Waals surface area contributed by atoms with Crippen LogP contribution in [0.4, 0.5) is 17.1 Å². The average molecular weight is 474 g/mol. The first-order valence-corrected chi connectivity index (χ1v) is 12.7. The Bertz CT molecular complexity index is 1370. The summed E-state index contributed by atoms with van der Waals surface area (Å²) in [6.45, 7) is 13.5. The van der Waals surface area contributed by atoms with Crippen molar-refractivity contribution in [1.82, 2.24) is 0 Å². The van der Waals surface area contributed by atoms with Crippen molar-refractivity contribution >= 4 is 28.0 Å². The van der Waals surface area contributed by atoms with E-state index in [1.165, 1.54) is 11.1 Å². The van der Waals surface area contributed by atoms with Gasteiger partial charge in [0, 0.05) is 28.0 Å². The summed E-state index contributed by atoms with van der Waals surface area (Å²) < 4.78 is 6.10. The summed E-state index contributed by atoms with van der Waals surface area (Å²) in [4.78, 5) is 2.32. The number of rotatable bonds is 4. The van der Waals surface area contributed by atoms with Gasteiger partial charge in [-0.1, -0.05) is 84.0 Å². The Morgan fingerprint density at radius 2 is 0.972 bits per heavy atom. The van der Waals surface area contributed by atoms with Gasteiger partial charge >= 0.3 is 0 Å². The lowest BCUT2D eigenvalue weighted by Gasteiger charge is -2.28. The van der Waals surface area contributed by atoms with Gasteiger partial charge in [-0.3, -0.25) is 0 Å². The van der Waals surface area contributed by atoms with Crippen LogP contribution in [0.2, 0.25) is 0 Å². The van der Waals surface area contributed by atoms with Crippen molar-refractivity contribution in [3.8, 4) is 11.3 Å². The molecule has 182 valence electrons. The van der Waals surface area contributed by atoms with Gasteiger partial charge in [0.05, 0.1) is 0 Å². The molecule has 0 fully saturated rings. The fraction of sp³-hybridized carbons (Fsp3) is 0.235. The van der Waals surface area contributed by atoms with Crippen LogP contribution in [0.5, 0.6) is 0 Å². The van der Waals surface area contributed by atoms with Gasteiger partial charge in [-0.05, 0) is 82.6 Å². The Hall–Kier alpha value is -3.78. The van der Waals surface area contributed by atoms with E-state index in [-0.39, 0.29) is 10.8 Å². The van der Waals surface area contributed by atoms with E-state index in [1.54, 1.807) is 0 Å². The predicted molar refractivity (Wildman–Crippen MR) is 154 cm³/mol. The van der Waals surface area contributed by atoms with E-state index < -0.39 is 0 Å². The predicted octanol–water partition coefficient (Wildman–Crippen LogP) is 10.2. The van der Waals surface area contributed by atoms with E-state index in [4.69, 9.17) is 4.42 Å². The fourth-order valence-corrected chi connectivity index (χ4v) is 4.57. The number of furan rings is 1. The van der Waals surface area contributed by atoms with Crippen LogP contribution in [-0.4, -0.2) is 0 Å². The summed E-state index contributed by atoms with van der Waals surface area (Å²) in [6.07, 6.45) is 0. The zero-order chi connectivity index (χ0) is 25.5. The molecule has 0 N–H and O–H groups in total. The zero-order valence-electron chi connectivity index (χ0n) is 22.2. The van der Waals surface area contributed by atoms with Crippen molar-refractivity contribution in [3.05, 3.63) is 114 Å². The number of nitrogens with zero attached hydrogens (tertiary/aromatic N) is 1. The highest BCUT2D eigenvalue weighted by Crippen LogP contribution is 2.38. The maximum atomic E-state index is 6.10. The summed E-state index contributed by atoms with van der Waals surface area (Å²) in [5, 5.41) is 1.12. The molecule has 0 radical (unpaired) electrons. The van der Waals surface area contributed by atoms with Crippen molar-refractivity contribution in [1.29, 1.82) is 0 Å². The summed E-state index contributed by atoms with van der Waals surface area (Å²) >= 11 is 0. The number of para-hydroxylation sites is 1. The zero-order valence-corrected chi connectivity index (χ0v) is 22.2. The first-order valence-electron chi connectivity index (χ1n) is 12.7. The number of benzene rings is 4. The van der Waals surface area contributed by atoms with Crippen LogP contribution in [0.15, 0.2) is 108 Å². The molecule has 0 aliphatic carbocycles. The van der Waals surface area contributed by atoms with Crippen molar-refractivity contribution in [2.75, 3.05) is 4.90 Å². The minimum atomic E-state index is 0.117. The van der Waals surface area contributed by atoms with Crippen LogP contribution >= 0.6 is 0 Å². The fourth-order valence-electron chi connectivity index (χ4n) is 4.57. The van der Waals surface area contributed by atoms with E-state index >= 15 is 0 Å². The molecule has 36 heavy (non-hydrogen) atoms. The minimum absolute atomic E-state index is 0.117. The molecule has 2 heteroatoms. The molecule has 1 aromatic heterocycles. The van der Waals surface area contributed by atoms with Crippen molar-refractivity contribution < 1.29 is 4.42 Å². The molecular weight excluding hydrogens is 438 g/mol. The summed E-state index contributed by atoms with van der Waals surface area (Å²) in [7, 11) is 0. The van der Waals surface area contributed by atoms with Gasteiger partial charge in [0.2, 0.25) is 0 Å². The highest BCUT2D eigenvalue weighted by atomic mass is 16.3. The van der Waals surface area contributed by atoms with Gasteiger partial charge in [-0.25, -0.2) is 0 Å². The molecule has 0 aliphatic rings. The van der Waals surface area contributed by atoms with Gasteiger partial charge in [0.15, 0.2) is 0 Å². The SMILES string of the molecule is CC(C)(C)c1ccc(N(c2ccc(-c3cc4ccccc4o3)cc2)c2ccc(C(C)(C)C)cc2)cc1. The molecule has 2 nitrogen and oxygen atoms in total. The summed E-state index contributed by atoms with van der Waals surface area (Å²) in [5.74, 6) is 0.887. The molecule has 5 rings (SSSR count). The van der Waals surface area contributed by atoms with Gasteiger partial charge in [-0.15, -0.1) is 0 Å². The number of hydrogen-bond acceptors (Lipinski definition) is 2. The molecule has 0 saturated heterocycles. The van der Waals surface area contributed by atoms with E-state index in [0.717, 1.165) is 39.4 Å². The van der Waals surface area contributed by atoms with Crippen molar-refractivity contribution in [2.45, 2.75) is 52.4 Å². The Morgan fingerprint density at radius 1 is 0.528 bits per heavy atom. The van der Waals surface area contributed by atoms with Crippen molar-refractivity contribution in [2.24, 2.45) is 0 Å². The second-order valence-corrected chi connectivity index (χ2v) is 11.6. The third-order valence-electron chi connectivity index (χ3n) is 6.82. The highest BCUT2D eigenvalue weighted by molar-refractivity contribution is 5.84. The van der Waals surface area contributed by atoms with Gasteiger partial charge in [0.25, 0.3) is 0 Å². The number of anilines is 3. The van der Waals surface area contributed by atoms with Crippen LogP contribution < -0.4 is 4.90 Å². The monoisotopic (exact) mass is 473 g/mol. The van der Waals surface area contributed by atoms with E-state index in [9.17, 15) is 0 Å². The van der Waals surface area contributed by atoms with Crippen LogP contribution in [0, 0.1) is 0 Å². The molecule has 0 atom stereocenters. The molecule has 1 heterocycles. The van der Waals surface area contributed by atoms with Crippen LogP contribution in [0.3, 0.4) is 0 Å². The molecule has 5 aromatic rings. The van der Waals surface area contributed by atoms with Crippen LogP contribution in [0.1, 0.15) is 52.7 Å². The molecule has 0 bridgehead atoms. The first kappa shape index (κ1) is 23.9. The van der Waals surface area contributed by atoms with Gasteiger partial charge in [-0.2, -0.15) is 0 Å². The molecular formula is C34H35NO. The quantitative estimate of drug-likeness (QED) is 0.258. The second-order valence-electron chi connectivity index (χ2n) is 11.6. The summed E-state index contributed by atoms with van der Waals surface area (Å²) in [5.41, 5.74) is 8.27. The highest BCUT2D eigenvalue weighted by Gasteiger charge is 2.18. The van der Waals surface area contributed by atoms with Crippen molar-refractivity contribution in [3.63, 3.8) is 0 Å². The largest absolute Gasteiger partial charge is 0.456 e. The third kappa shape index (κ3) is 4.81. The van der Waals surface area contributed by atoms with Crippen LogP contribution in [-0.2, 0) is 10.8 Å². The van der Waals surface area contributed by atoms with E-state index in [2.05, 4.69) is 131 Å². The molecule has 0 amide bonds. The normalized spacial score (nSPS) is 12.2. The second kappa shape index (κ2) is 9.02. The molecule has 4 aromatic carbocycles. The van der Waals surface area contributed by atoms with Gasteiger partial charge in [0.1, 0.15) is 11.3 Å². The Morgan fingerprint density at radius 3 is 1.42 bits per heavy atom. The molecule has 0 aliphatic heterocycles. The van der Waals surface area contributed by atoms with Crippen LogP contribution in [0.25, 0.3) is 22.3 Å². The average Bonchev–Trinajstić information content (AvgIpc) is 3.29. The Balaban J connectivity index is 1.54. The smallest absolute Gasteiger partial charge is 0.135 e. The lowest BCUT2D eigenvalue weighted by molar-refractivity contribution is 0.590. The van der Waals surface area contributed by atoms with Gasteiger partial charge < -0.3 is 9.32 Å². The lowest BCUT2D eigenvalue weighted by atomic mass is 9.86. The maximum Gasteiger partial charge on any atom is 0.135 e. The first-order chi connectivity index (χ1) is 17.1. The molecule has 0 saturated carbocycles. The van der Waals surface area contributed by atoms with E-state index in [0.29, 0.717) is 0 Å². The Labute approximate surface area is 215 Å². The number of hydrogen-bond donors (Lipinski definition) is 0. The molecule has 0 spiro atoms. The minimum Gasteiger partial charge on any atom is -0.456 e.